The highest BCUT2D eigenvalue weighted by atomic mass is 19.2. The van der Waals surface area contributed by atoms with Crippen LogP contribution >= 0.6 is 0 Å². The number of fused-ring (bicyclic) bond motifs is 1. The van der Waals surface area contributed by atoms with Gasteiger partial charge in [-0.2, -0.15) is 0 Å². The van der Waals surface area contributed by atoms with Crippen molar-refractivity contribution >= 4 is 17.0 Å². The molecule has 3 atom stereocenters. The summed E-state index contributed by atoms with van der Waals surface area (Å²) in [4.78, 5) is 6.12. The van der Waals surface area contributed by atoms with Crippen LogP contribution in [-0.4, -0.2) is 34.9 Å². The number of hydrogen-bond acceptors (Lipinski definition) is 3. The first-order valence-electron chi connectivity index (χ1n) is 9.22. The number of nitrogens with zero attached hydrogens (tertiary/aromatic N) is 3. The average Bonchev–Trinajstić information content (AvgIpc) is 3.02. The number of benzene rings is 2. The van der Waals surface area contributed by atoms with Crippen molar-refractivity contribution in [3.8, 4) is 0 Å². The minimum atomic E-state index is -1.16. The number of rotatable bonds is 3. The smallest absolute Gasteiger partial charge is 0.207 e. The molecule has 0 amide bonds. The van der Waals surface area contributed by atoms with E-state index in [0.29, 0.717) is 12.5 Å². The third kappa shape index (κ3) is 3.43. The minimum Gasteiger partial charge on any atom is -0.340 e. The van der Waals surface area contributed by atoms with E-state index in [1.165, 1.54) is 6.07 Å². The van der Waals surface area contributed by atoms with Crippen LogP contribution in [0.3, 0.4) is 0 Å². The molecule has 29 heavy (non-hydrogen) atoms. The minimum absolute atomic E-state index is 0.147. The van der Waals surface area contributed by atoms with Gasteiger partial charge in [0, 0.05) is 36.9 Å². The molecule has 2 aromatic carbocycles. The Kier molecular flexibility index (Phi) is 4.94. The van der Waals surface area contributed by atoms with E-state index in [1.54, 1.807) is 16.4 Å². The van der Waals surface area contributed by atoms with Gasteiger partial charge in [0.05, 0.1) is 23.1 Å². The second kappa shape index (κ2) is 7.29. The molecule has 1 saturated heterocycles. The molecule has 0 spiro atoms. The van der Waals surface area contributed by atoms with Crippen LogP contribution in [0.25, 0.3) is 11.0 Å². The number of nitrogens with two attached hydrogens (primary N) is 1. The molecule has 0 radical (unpaired) electrons. The lowest BCUT2D eigenvalue weighted by atomic mass is 10.0. The Morgan fingerprint density at radius 1 is 1.07 bits per heavy atom. The highest BCUT2D eigenvalue weighted by Crippen LogP contribution is 2.34. The maximum absolute atomic E-state index is 14.4. The van der Waals surface area contributed by atoms with Gasteiger partial charge in [-0.3, -0.25) is 0 Å². The topological polar surface area (TPSA) is 47.1 Å². The summed E-state index contributed by atoms with van der Waals surface area (Å²) in [5.74, 6) is -3.33. The third-order valence-corrected chi connectivity index (χ3v) is 5.37. The molecule has 9 heteroatoms. The van der Waals surface area contributed by atoms with E-state index >= 15 is 0 Å². The van der Waals surface area contributed by atoms with E-state index in [4.69, 9.17) is 5.73 Å². The van der Waals surface area contributed by atoms with E-state index in [-0.39, 0.29) is 29.6 Å². The predicted octanol–water partition coefficient (Wildman–Crippen LogP) is 4.08. The van der Waals surface area contributed by atoms with Crippen molar-refractivity contribution in [2.45, 2.75) is 31.6 Å². The van der Waals surface area contributed by atoms with Gasteiger partial charge in [-0.1, -0.05) is 6.07 Å². The number of alkyl halides is 1. The Labute approximate surface area is 163 Å². The van der Waals surface area contributed by atoms with Gasteiger partial charge in [-0.15, -0.1) is 0 Å². The van der Waals surface area contributed by atoms with Crippen molar-refractivity contribution < 1.29 is 22.0 Å². The van der Waals surface area contributed by atoms with Crippen LogP contribution in [0.15, 0.2) is 30.3 Å². The van der Waals surface area contributed by atoms with E-state index < -0.39 is 41.5 Å². The monoisotopic (exact) mass is 410 g/mol. The van der Waals surface area contributed by atoms with Gasteiger partial charge in [0.15, 0.2) is 11.6 Å². The first kappa shape index (κ1) is 19.6. The Hall–Kier alpha value is -2.68. The van der Waals surface area contributed by atoms with Gasteiger partial charge < -0.3 is 15.2 Å². The fraction of sp³-hybridized carbons (Fsp3) is 0.350. The van der Waals surface area contributed by atoms with E-state index in [1.807, 2.05) is 0 Å². The molecule has 0 saturated carbocycles. The average molecular weight is 410 g/mol. The molecule has 2 heterocycles. The van der Waals surface area contributed by atoms with Crippen LogP contribution in [0.2, 0.25) is 0 Å². The van der Waals surface area contributed by atoms with Crippen LogP contribution in [0.5, 0.6) is 0 Å². The second-order valence-electron chi connectivity index (χ2n) is 7.29. The third-order valence-electron chi connectivity index (χ3n) is 5.37. The number of anilines is 1. The molecule has 1 aliphatic rings. The standard InChI is InChI=1S/C20H19F5N4/c1-10(12-3-2-11(21)6-14(12)23)29-19-8-16(25)15(24)7-18(19)27-20(29)28-5-4-13(22)17(26)9-28/h2-3,6-8,10,13,17H,4-5,9,26H2,1H3/t10?,13?,17-/m1/s1. The maximum Gasteiger partial charge on any atom is 0.207 e. The van der Waals surface area contributed by atoms with Crippen LogP contribution < -0.4 is 10.6 Å². The molecule has 4 rings (SSSR count). The lowest BCUT2D eigenvalue weighted by Crippen LogP contribution is -2.50. The Morgan fingerprint density at radius 3 is 2.48 bits per heavy atom. The van der Waals surface area contributed by atoms with Crippen molar-refractivity contribution in [1.82, 2.24) is 9.55 Å². The van der Waals surface area contributed by atoms with Crippen molar-refractivity contribution in [2.75, 3.05) is 18.0 Å². The van der Waals surface area contributed by atoms with Crippen LogP contribution in [-0.2, 0) is 0 Å². The maximum atomic E-state index is 14.4. The molecule has 4 nitrogen and oxygen atoms in total. The number of aromatic nitrogens is 2. The molecule has 0 bridgehead atoms. The zero-order valence-corrected chi connectivity index (χ0v) is 15.5. The Morgan fingerprint density at radius 2 is 1.79 bits per heavy atom. The second-order valence-corrected chi connectivity index (χ2v) is 7.29. The van der Waals surface area contributed by atoms with Gasteiger partial charge in [0.2, 0.25) is 5.95 Å². The van der Waals surface area contributed by atoms with Crippen LogP contribution in [0.4, 0.5) is 27.9 Å². The molecular formula is C20H19F5N4. The molecule has 3 aromatic rings. The molecule has 2 unspecified atom stereocenters. The first-order valence-corrected chi connectivity index (χ1v) is 9.22. The van der Waals surface area contributed by atoms with E-state index in [9.17, 15) is 22.0 Å². The number of piperidine rings is 1. The number of halogens is 5. The predicted molar refractivity (Wildman–Crippen MR) is 99.5 cm³/mol. The van der Waals surface area contributed by atoms with Crippen molar-refractivity contribution in [1.29, 1.82) is 0 Å². The highest BCUT2D eigenvalue weighted by Gasteiger charge is 2.31. The fourth-order valence-corrected chi connectivity index (χ4v) is 3.80. The van der Waals surface area contributed by atoms with E-state index in [0.717, 1.165) is 24.3 Å². The summed E-state index contributed by atoms with van der Waals surface area (Å²) in [5.41, 5.74) is 6.42. The molecule has 154 valence electrons. The molecule has 1 aliphatic heterocycles. The van der Waals surface area contributed by atoms with Gasteiger partial charge in [0.25, 0.3) is 0 Å². The van der Waals surface area contributed by atoms with Gasteiger partial charge in [-0.05, 0) is 19.4 Å². The van der Waals surface area contributed by atoms with Crippen molar-refractivity contribution in [3.05, 3.63) is 59.2 Å². The first-order chi connectivity index (χ1) is 13.8. The summed E-state index contributed by atoms with van der Waals surface area (Å²) in [6.07, 6.45) is -0.988. The number of imidazole rings is 1. The summed E-state index contributed by atoms with van der Waals surface area (Å²) >= 11 is 0. The normalized spacial score (nSPS) is 21.0. The van der Waals surface area contributed by atoms with Gasteiger partial charge in [-0.25, -0.2) is 26.9 Å². The molecule has 1 fully saturated rings. The van der Waals surface area contributed by atoms with Gasteiger partial charge in [0.1, 0.15) is 17.8 Å². The van der Waals surface area contributed by atoms with Gasteiger partial charge >= 0.3 is 0 Å². The molecule has 1 aromatic heterocycles. The quantitative estimate of drug-likeness (QED) is 0.662. The lowest BCUT2D eigenvalue weighted by Gasteiger charge is -2.35. The summed E-state index contributed by atoms with van der Waals surface area (Å²) in [6.45, 7) is 2.08. The van der Waals surface area contributed by atoms with Crippen molar-refractivity contribution in [3.63, 3.8) is 0 Å². The Balaban J connectivity index is 1.89. The van der Waals surface area contributed by atoms with E-state index in [2.05, 4.69) is 4.98 Å². The lowest BCUT2D eigenvalue weighted by molar-refractivity contribution is 0.243. The summed E-state index contributed by atoms with van der Waals surface area (Å²) in [7, 11) is 0. The zero-order chi connectivity index (χ0) is 20.9. The van der Waals surface area contributed by atoms with Crippen LogP contribution in [0.1, 0.15) is 24.9 Å². The fourth-order valence-electron chi connectivity index (χ4n) is 3.80. The Bertz CT molecular complexity index is 1070. The zero-order valence-electron chi connectivity index (χ0n) is 15.5. The molecular weight excluding hydrogens is 391 g/mol. The largest absolute Gasteiger partial charge is 0.340 e. The van der Waals surface area contributed by atoms with Crippen LogP contribution in [0, 0.1) is 23.3 Å². The SMILES string of the molecule is CC(c1ccc(F)cc1F)n1c(N2CCC(F)[C@H](N)C2)nc2cc(F)c(F)cc21. The molecule has 2 N–H and O–H groups in total. The summed E-state index contributed by atoms with van der Waals surface area (Å²) in [5, 5.41) is 0. The summed E-state index contributed by atoms with van der Waals surface area (Å²) < 4.78 is 70.9. The molecule has 0 aliphatic carbocycles. The number of hydrogen-bond donors (Lipinski definition) is 1. The van der Waals surface area contributed by atoms with Crippen molar-refractivity contribution in [2.24, 2.45) is 5.73 Å². The highest BCUT2D eigenvalue weighted by molar-refractivity contribution is 5.79. The summed E-state index contributed by atoms with van der Waals surface area (Å²) in [6, 6.07) is 3.66.